The summed E-state index contributed by atoms with van der Waals surface area (Å²) in [5.74, 6) is -0.724. The Kier molecular flexibility index (Phi) is 4.43. The number of carbonyl (C=O) groups excluding carboxylic acids is 1. The van der Waals surface area contributed by atoms with Crippen molar-refractivity contribution in [1.29, 1.82) is 0 Å². The number of H-pyrrole nitrogens is 1. The van der Waals surface area contributed by atoms with Crippen LogP contribution >= 0.6 is 0 Å². The Morgan fingerprint density at radius 3 is 2.96 bits per heavy atom. The highest BCUT2D eigenvalue weighted by Gasteiger charge is 2.24. The highest BCUT2D eigenvalue weighted by Crippen LogP contribution is 2.21. The minimum atomic E-state index is -0.423. The van der Waals surface area contributed by atoms with Gasteiger partial charge in [0.15, 0.2) is 5.43 Å². The molecule has 5 nitrogen and oxygen atoms in total. The van der Waals surface area contributed by atoms with Gasteiger partial charge in [-0.1, -0.05) is 6.42 Å². The number of aromatic nitrogens is 1. The molecule has 3 rings (SSSR count). The van der Waals surface area contributed by atoms with Crippen LogP contribution < -0.4 is 11.2 Å². The molecule has 0 saturated carbocycles. The first-order valence-electron chi connectivity index (χ1n) is 7.87. The quantitative estimate of drug-likeness (QED) is 0.904. The summed E-state index contributed by atoms with van der Waals surface area (Å²) in [4.78, 5) is 28.8. The molecule has 1 aromatic heterocycles. The average Bonchev–Trinajstić information content (AvgIpc) is 2.50. The molecule has 1 saturated heterocycles. The van der Waals surface area contributed by atoms with Gasteiger partial charge in [0.05, 0.1) is 0 Å². The fourth-order valence-electron chi connectivity index (χ4n) is 3.31. The standard InChI is InChI=1S/C17H20FN3O2/c18-11-4-5-15-14(7-11)16(22)8-12(20-15)10-21-6-2-1-3-13(21)9-17(19)23/h4-5,7-8,13H,1-3,6,9-10H2,(H2,19,23)(H,20,22)/t13-/m0/s1. The first-order chi connectivity index (χ1) is 11.0. The van der Waals surface area contributed by atoms with Crippen molar-refractivity contribution in [2.75, 3.05) is 6.54 Å². The van der Waals surface area contributed by atoms with Crippen molar-refractivity contribution >= 4 is 16.8 Å². The summed E-state index contributed by atoms with van der Waals surface area (Å²) in [6, 6.07) is 5.78. The molecule has 6 heteroatoms. The molecule has 0 spiro atoms. The van der Waals surface area contributed by atoms with Crippen LogP contribution in [0, 0.1) is 5.82 Å². The van der Waals surface area contributed by atoms with E-state index >= 15 is 0 Å². The van der Waals surface area contributed by atoms with Crippen LogP contribution in [0.1, 0.15) is 31.4 Å². The fraction of sp³-hybridized carbons (Fsp3) is 0.412. The van der Waals surface area contributed by atoms with E-state index in [0.717, 1.165) is 31.5 Å². The molecule has 1 fully saturated rings. The molecule has 3 N–H and O–H groups in total. The number of primary amides is 1. The smallest absolute Gasteiger partial charge is 0.218 e. The van der Waals surface area contributed by atoms with Crippen molar-refractivity contribution in [2.24, 2.45) is 5.73 Å². The van der Waals surface area contributed by atoms with E-state index in [1.165, 1.54) is 18.2 Å². The van der Waals surface area contributed by atoms with Gasteiger partial charge < -0.3 is 10.7 Å². The molecule has 1 aliphatic heterocycles. The predicted octanol–water partition coefficient (Wildman–Crippen LogP) is 1.90. The zero-order valence-electron chi connectivity index (χ0n) is 12.8. The lowest BCUT2D eigenvalue weighted by atomic mass is 9.98. The molecular weight excluding hydrogens is 297 g/mol. The Morgan fingerprint density at radius 1 is 1.35 bits per heavy atom. The normalized spacial score (nSPS) is 19.1. The molecule has 0 radical (unpaired) electrons. The van der Waals surface area contributed by atoms with Crippen LogP contribution in [0.2, 0.25) is 0 Å². The van der Waals surface area contributed by atoms with E-state index in [9.17, 15) is 14.0 Å². The number of hydrogen-bond donors (Lipinski definition) is 2. The van der Waals surface area contributed by atoms with Crippen LogP contribution in [0.3, 0.4) is 0 Å². The number of likely N-dealkylation sites (tertiary alicyclic amines) is 1. The second kappa shape index (κ2) is 6.50. The number of fused-ring (bicyclic) bond motifs is 1. The van der Waals surface area contributed by atoms with Crippen molar-refractivity contribution < 1.29 is 9.18 Å². The van der Waals surface area contributed by atoms with E-state index in [4.69, 9.17) is 5.73 Å². The van der Waals surface area contributed by atoms with Crippen LogP contribution in [0.4, 0.5) is 4.39 Å². The van der Waals surface area contributed by atoms with Gasteiger partial charge in [-0.25, -0.2) is 4.39 Å². The van der Waals surface area contributed by atoms with E-state index in [-0.39, 0.29) is 17.4 Å². The lowest BCUT2D eigenvalue weighted by molar-refractivity contribution is -0.119. The molecule has 1 atom stereocenters. The van der Waals surface area contributed by atoms with E-state index in [1.54, 1.807) is 6.07 Å². The Labute approximate surface area is 133 Å². The number of benzene rings is 1. The summed E-state index contributed by atoms with van der Waals surface area (Å²) in [6.07, 6.45) is 3.43. The zero-order chi connectivity index (χ0) is 16.4. The van der Waals surface area contributed by atoms with Crippen LogP contribution in [0.25, 0.3) is 10.9 Å². The number of halogens is 1. The highest BCUT2D eigenvalue weighted by molar-refractivity contribution is 5.78. The summed E-state index contributed by atoms with van der Waals surface area (Å²) >= 11 is 0. The number of aromatic amines is 1. The second-order valence-electron chi connectivity index (χ2n) is 6.14. The number of piperidine rings is 1. The Bertz CT molecular complexity index is 787. The van der Waals surface area contributed by atoms with Crippen molar-refractivity contribution in [3.8, 4) is 0 Å². The van der Waals surface area contributed by atoms with Gasteiger partial charge in [-0.3, -0.25) is 14.5 Å². The van der Waals surface area contributed by atoms with Gasteiger partial charge in [-0.2, -0.15) is 0 Å². The summed E-state index contributed by atoms with van der Waals surface area (Å²) in [5.41, 5.74) is 6.53. The maximum Gasteiger partial charge on any atom is 0.218 e. The molecule has 2 aromatic rings. The summed E-state index contributed by atoms with van der Waals surface area (Å²) in [7, 11) is 0. The largest absolute Gasteiger partial charge is 0.370 e. The number of nitrogens with two attached hydrogens (primary N) is 1. The Balaban J connectivity index is 1.86. The molecule has 1 aromatic carbocycles. The van der Waals surface area contributed by atoms with Crippen LogP contribution in [0.5, 0.6) is 0 Å². The molecule has 0 aliphatic carbocycles. The van der Waals surface area contributed by atoms with Crippen molar-refractivity contribution in [3.63, 3.8) is 0 Å². The number of nitrogens with one attached hydrogen (secondary N) is 1. The maximum absolute atomic E-state index is 13.3. The molecule has 0 unspecified atom stereocenters. The number of nitrogens with zero attached hydrogens (tertiary/aromatic N) is 1. The molecule has 1 amide bonds. The van der Waals surface area contributed by atoms with Crippen molar-refractivity contribution in [1.82, 2.24) is 9.88 Å². The second-order valence-corrected chi connectivity index (χ2v) is 6.14. The topological polar surface area (TPSA) is 79.2 Å². The van der Waals surface area contributed by atoms with Gasteiger partial charge in [0.25, 0.3) is 0 Å². The summed E-state index contributed by atoms with van der Waals surface area (Å²) < 4.78 is 13.3. The number of carbonyl (C=O) groups is 1. The fourth-order valence-corrected chi connectivity index (χ4v) is 3.31. The van der Waals surface area contributed by atoms with Crippen LogP contribution in [-0.2, 0) is 11.3 Å². The highest BCUT2D eigenvalue weighted by atomic mass is 19.1. The van der Waals surface area contributed by atoms with E-state index in [1.807, 2.05) is 0 Å². The van der Waals surface area contributed by atoms with E-state index < -0.39 is 5.82 Å². The van der Waals surface area contributed by atoms with Gasteiger partial charge in [0.1, 0.15) is 5.82 Å². The molecule has 23 heavy (non-hydrogen) atoms. The lowest BCUT2D eigenvalue weighted by Crippen LogP contribution is -2.41. The van der Waals surface area contributed by atoms with Crippen molar-refractivity contribution in [2.45, 2.75) is 38.3 Å². The number of amides is 1. The molecule has 1 aliphatic rings. The Morgan fingerprint density at radius 2 is 2.17 bits per heavy atom. The molecule has 0 bridgehead atoms. The zero-order valence-corrected chi connectivity index (χ0v) is 12.8. The van der Waals surface area contributed by atoms with E-state index in [2.05, 4.69) is 9.88 Å². The third-order valence-corrected chi connectivity index (χ3v) is 4.41. The van der Waals surface area contributed by atoms with Gasteiger partial charge in [-0.05, 0) is 37.6 Å². The predicted molar refractivity (Wildman–Crippen MR) is 86.4 cm³/mol. The van der Waals surface area contributed by atoms with Gasteiger partial charge >= 0.3 is 0 Å². The SMILES string of the molecule is NC(=O)C[C@@H]1CCCCN1Cc1cc(=O)c2cc(F)ccc2[nH]1. The third kappa shape index (κ3) is 3.59. The van der Waals surface area contributed by atoms with E-state index in [0.29, 0.717) is 23.9 Å². The summed E-state index contributed by atoms with van der Waals surface area (Å²) in [5, 5.41) is 0.348. The third-order valence-electron chi connectivity index (χ3n) is 4.41. The molecule has 122 valence electrons. The lowest BCUT2D eigenvalue weighted by Gasteiger charge is -2.35. The first-order valence-corrected chi connectivity index (χ1v) is 7.87. The maximum atomic E-state index is 13.3. The average molecular weight is 317 g/mol. The molecular formula is C17H20FN3O2. The number of hydrogen-bond acceptors (Lipinski definition) is 3. The minimum Gasteiger partial charge on any atom is -0.370 e. The van der Waals surface area contributed by atoms with Crippen molar-refractivity contribution in [3.05, 3.63) is 46.0 Å². The number of pyridine rings is 1. The van der Waals surface area contributed by atoms with Gasteiger partial charge in [-0.15, -0.1) is 0 Å². The van der Waals surface area contributed by atoms with Gasteiger partial charge in [0, 0.05) is 41.7 Å². The minimum absolute atomic E-state index is 0.119. The Hall–Kier alpha value is -2.21. The number of rotatable bonds is 4. The molecule has 2 heterocycles. The first kappa shape index (κ1) is 15.7. The van der Waals surface area contributed by atoms with Crippen LogP contribution in [0.15, 0.2) is 29.1 Å². The summed E-state index contributed by atoms with van der Waals surface area (Å²) in [6.45, 7) is 1.43. The van der Waals surface area contributed by atoms with Gasteiger partial charge in [0.2, 0.25) is 5.91 Å². The monoisotopic (exact) mass is 317 g/mol. The van der Waals surface area contributed by atoms with Crippen LogP contribution in [-0.4, -0.2) is 28.4 Å².